The zero-order chi connectivity index (χ0) is 18.4. The predicted molar refractivity (Wildman–Crippen MR) is 102 cm³/mol. The molecule has 0 unspecified atom stereocenters. The molecule has 0 heterocycles. The van der Waals surface area contributed by atoms with Gasteiger partial charge in [-0.15, -0.1) is 0 Å². The standard InChI is InChI=1S/C21H28O3S/c1-13-10-14(2)16(15(3)11-13)12-25-19(23)17-6-5-8-20(4)18(22)7-9-21(17,20)24/h10-11,17,24H,5-9,12H2,1-4H3/t17-,20-,21+/m0/s1. The van der Waals surface area contributed by atoms with E-state index in [1.165, 1.54) is 34.0 Å². The third-order valence-corrected chi connectivity index (χ3v) is 7.54. The van der Waals surface area contributed by atoms with Crippen LogP contribution in [0.15, 0.2) is 12.1 Å². The zero-order valence-corrected chi connectivity index (χ0v) is 16.5. The smallest absolute Gasteiger partial charge is 0.195 e. The highest BCUT2D eigenvalue weighted by Gasteiger charge is 2.62. The number of fused-ring (bicyclic) bond motifs is 1. The summed E-state index contributed by atoms with van der Waals surface area (Å²) in [6, 6.07) is 4.29. The highest BCUT2D eigenvalue weighted by Crippen LogP contribution is 2.56. The predicted octanol–water partition coefficient (Wildman–Crippen LogP) is 4.27. The van der Waals surface area contributed by atoms with Crippen molar-refractivity contribution in [1.82, 2.24) is 0 Å². The van der Waals surface area contributed by atoms with Crippen LogP contribution in [0.3, 0.4) is 0 Å². The molecule has 0 spiro atoms. The number of hydrogen-bond acceptors (Lipinski definition) is 4. The first-order valence-corrected chi connectivity index (χ1v) is 10.2. The monoisotopic (exact) mass is 360 g/mol. The van der Waals surface area contributed by atoms with Crippen molar-refractivity contribution < 1.29 is 14.7 Å². The van der Waals surface area contributed by atoms with Crippen LogP contribution in [0.5, 0.6) is 0 Å². The quantitative estimate of drug-likeness (QED) is 0.874. The molecule has 2 saturated carbocycles. The fraction of sp³-hybridized carbons (Fsp3) is 0.619. The third-order valence-electron chi connectivity index (χ3n) is 6.53. The Morgan fingerprint density at radius 3 is 2.52 bits per heavy atom. The van der Waals surface area contributed by atoms with Gasteiger partial charge in [0, 0.05) is 12.2 Å². The summed E-state index contributed by atoms with van der Waals surface area (Å²) in [5.74, 6) is 0.338. The summed E-state index contributed by atoms with van der Waals surface area (Å²) >= 11 is 1.31. The van der Waals surface area contributed by atoms with Crippen molar-refractivity contribution in [1.29, 1.82) is 0 Å². The van der Waals surface area contributed by atoms with E-state index in [0.717, 1.165) is 6.42 Å². The number of aliphatic hydroxyl groups is 1. The Balaban J connectivity index is 1.77. The molecule has 3 atom stereocenters. The Kier molecular flexibility index (Phi) is 4.89. The van der Waals surface area contributed by atoms with E-state index in [2.05, 4.69) is 32.9 Å². The summed E-state index contributed by atoms with van der Waals surface area (Å²) < 4.78 is 0. The first-order chi connectivity index (χ1) is 11.7. The Labute approximate surface area is 154 Å². The molecule has 3 nitrogen and oxygen atoms in total. The summed E-state index contributed by atoms with van der Waals surface area (Å²) in [6.45, 7) is 8.11. The summed E-state index contributed by atoms with van der Waals surface area (Å²) in [6.07, 6.45) is 3.06. The number of aryl methyl sites for hydroxylation is 3. The second-order valence-electron chi connectivity index (χ2n) is 8.11. The summed E-state index contributed by atoms with van der Waals surface area (Å²) in [5, 5.41) is 11.3. The van der Waals surface area contributed by atoms with E-state index in [9.17, 15) is 14.7 Å². The van der Waals surface area contributed by atoms with Gasteiger partial charge in [-0.05, 0) is 63.6 Å². The van der Waals surface area contributed by atoms with Gasteiger partial charge in [-0.1, -0.05) is 35.9 Å². The summed E-state index contributed by atoms with van der Waals surface area (Å²) in [4.78, 5) is 25.3. The Morgan fingerprint density at radius 1 is 1.24 bits per heavy atom. The number of thioether (sulfide) groups is 1. The summed E-state index contributed by atoms with van der Waals surface area (Å²) in [7, 11) is 0. The van der Waals surface area contributed by atoms with Gasteiger partial charge in [0.05, 0.1) is 16.9 Å². The fourth-order valence-corrected chi connectivity index (χ4v) is 6.16. The van der Waals surface area contributed by atoms with E-state index < -0.39 is 16.9 Å². The van der Waals surface area contributed by atoms with E-state index in [1.54, 1.807) is 0 Å². The molecule has 0 radical (unpaired) electrons. The van der Waals surface area contributed by atoms with Crippen molar-refractivity contribution in [2.75, 3.05) is 0 Å². The lowest BCUT2D eigenvalue weighted by molar-refractivity contribution is -0.156. The molecule has 2 aliphatic rings. The number of Topliss-reactive ketones (excluding diaryl/α,β-unsaturated/α-hetero) is 1. The van der Waals surface area contributed by atoms with Crippen molar-refractivity contribution in [3.63, 3.8) is 0 Å². The molecule has 2 aliphatic carbocycles. The number of hydrogen-bond donors (Lipinski definition) is 1. The lowest BCUT2D eigenvalue weighted by Crippen LogP contribution is -2.55. The van der Waals surface area contributed by atoms with Crippen molar-refractivity contribution in [3.05, 3.63) is 34.4 Å². The van der Waals surface area contributed by atoms with Crippen LogP contribution in [0.1, 0.15) is 61.3 Å². The van der Waals surface area contributed by atoms with Gasteiger partial charge < -0.3 is 5.11 Å². The summed E-state index contributed by atoms with van der Waals surface area (Å²) in [5.41, 5.74) is 2.97. The number of benzene rings is 1. The van der Waals surface area contributed by atoms with Crippen LogP contribution in [0.25, 0.3) is 0 Å². The normalized spacial score (nSPS) is 31.9. The van der Waals surface area contributed by atoms with Crippen LogP contribution < -0.4 is 0 Å². The maximum Gasteiger partial charge on any atom is 0.195 e. The van der Waals surface area contributed by atoms with Crippen molar-refractivity contribution >= 4 is 22.7 Å². The largest absolute Gasteiger partial charge is 0.388 e. The number of carbonyl (C=O) groups excluding carboxylic acids is 2. The first kappa shape index (κ1) is 18.7. The Morgan fingerprint density at radius 2 is 1.88 bits per heavy atom. The van der Waals surface area contributed by atoms with Gasteiger partial charge in [0.15, 0.2) is 5.12 Å². The average molecular weight is 361 g/mol. The molecule has 0 bridgehead atoms. The highest BCUT2D eigenvalue weighted by molar-refractivity contribution is 8.13. The molecule has 1 N–H and O–H groups in total. The molecule has 0 aromatic heterocycles. The van der Waals surface area contributed by atoms with Gasteiger partial charge in [-0.25, -0.2) is 0 Å². The van der Waals surface area contributed by atoms with E-state index in [1.807, 2.05) is 6.92 Å². The molecular weight excluding hydrogens is 332 g/mol. The zero-order valence-electron chi connectivity index (χ0n) is 15.6. The molecule has 136 valence electrons. The van der Waals surface area contributed by atoms with Crippen LogP contribution in [-0.4, -0.2) is 21.6 Å². The SMILES string of the molecule is Cc1cc(C)c(CSC(=O)[C@@H]2CCC[C@@]3(C)C(=O)CC[C@@]23O)c(C)c1. The molecule has 1 aromatic rings. The fourth-order valence-electron chi connectivity index (χ4n) is 4.90. The Bertz CT molecular complexity index is 703. The highest BCUT2D eigenvalue weighted by atomic mass is 32.2. The first-order valence-electron chi connectivity index (χ1n) is 9.18. The second-order valence-corrected chi connectivity index (χ2v) is 9.09. The van der Waals surface area contributed by atoms with Gasteiger partial charge in [-0.2, -0.15) is 0 Å². The minimum absolute atomic E-state index is 0.0440. The van der Waals surface area contributed by atoms with Crippen LogP contribution in [0.2, 0.25) is 0 Å². The van der Waals surface area contributed by atoms with Crippen molar-refractivity contribution in [3.8, 4) is 0 Å². The molecule has 3 rings (SSSR count). The molecule has 0 amide bonds. The minimum atomic E-state index is -1.15. The average Bonchev–Trinajstić information content (AvgIpc) is 2.77. The molecule has 2 fully saturated rings. The van der Waals surface area contributed by atoms with Crippen molar-refractivity contribution in [2.24, 2.45) is 11.3 Å². The van der Waals surface area contributed by atoms with Gasteiger partial charge in [0.1, 0.15) is 5.78 Å². The van der Waals surface area contributed by atoms with Crippen molar-refractivity contribution in [2.45, 2.75) is 71.2 Å². The van der Waals surface area contributed by atoms with E-state index in [-0.39, 0.29) is 10.9 Å². The Hall–Kier alpha value is -1.13. The van der Waals surface area contributed by atoms with Gasteiger partial charge in [0.2, 0.25) is 0 Å². The lowest BCUT2D eigenvalue weighted by atomic mass is 9.61. The molecule has 1 aromatic carbocycles. The van der Waals surface area contributed by atoms with E-state index >= 15 is 0 Å². The number of carbonyl (C=O) groups is 2. The molecular formula is C21H28O3S. The molecule has 4 heteroatoms. The topological polar surface area (TPSA) is 54.4 Å². The number of ketones is 1. The van der Waals surface area contributed by atoms with Gasteiger partial charge >= 0.3 is 0 Å². The van der Waals surface area contributed by atoms with E-state index in [4.69, 9.17) is 0 Å². The van der Waals surface area contributed by atoms with Crippen LogP contribution in [0, 0.1) is 32.1 Å². The minimum Gasteiger partial charge on any atom is -0.388 e. The van der Waals surface area contributed by atoms with Crippen LogP contribution in [-0.2, 0) is 15.3 Å². The molecule has 0 saturated heterocycles. The second kappa shape index (κ2) is 6.55. The van der Waals surface area contributed by atoms with Gasteiger partial charge in [-0.3, -0.25) is 9.59 Å². The maximum atomic E-state index is 12.9. The number of rotatable bonds is 3. The maximum absolute atomic E-state index is 12.9. The van der Waals surface area contributed by atoms with Gasteiger partial charge in [0.25, 0.3) is 0 Å². The van der Waals surface area contributed by atoms with Crippen LogP contribution >= 0.6 is 11.8 Å². The third kappa shape index (κ3) is 2.97. The van der Waals surface area contributed by atoms with Crippen LogP contribution in [0.4, 0.5) is 0 Å². The lowest BCUT2D eigenvalue weighted by Gasteiger charge is -2.47. The molecule has 0 aliphatic heterocycles. The van der Waals surface area contributed by atoms with E-state index in [0.29, 0.717) is 31.4 Å². The molecule has 25 heavy (non-hydrogen) atoms.